The molecule has 0 aliphatic carbocycles. The average Bonchev–Trinajstić information content (AvgIpc) is 3.10. The molecule has 1 aromatic heterocycles. The predicted molar refractivity (Wildman–Crippen MR) is 89.3 cm³/mol. The second-order valence-corrected chi connectivity index (χ2v) is 6.01. The molecule has 24 heavy (non-hydrogen) atoms. The number of carbonyl (C=O) groups excluding carboxylic acids is 2. The van der Waals surface area contributed by atoms with Crippen molar-refractivity contribution in [1.29, 1.82) is 0 Å². The first-order valence-electron chi connectivity index (χ1n) is 8.01. The molecule has 7 nitrogen and oxygen atoms in total. The van der Waals surface area contributed by atoms with Crippen molar-refractivity contribution < 1.29 is 9.59 Å². The summed E-state index contributed by atoms with van der Waals surface area (Å²) >= 11 is 0. The van der Waals surface area contributed by atoms with Gasteiger partial charge in [0.05, 0.1) is 23.4 Å². The molecule has 0 radical (unpaired) electrons. The second kappa shape index (κ2) is 6.84. The summed E-state index contributed by atoms with van der Waals surface area (Å²) in [6.45, 7) is 1.39. The van der Waals surface area contributed by atoms with Gasteiger partial charge in [-0.3, -0.25) is 9.59 Å². The monoisotopic (exact) mass is 327 g/mol. The first kappa shape index (κ1) is 16.2. The molecule has 3 rings (SSSR count). The summed E-state index contributed by atoms with van der Waals surface area (Å²) in [6.07, 6.45) is 5.01. The van der Waals surface area contributed by atoms with E-state index in [2.05, 4.69) is 5.10 Å². The maximum absolute atomic E-state index is 12.9. The highest BCUT2D eigenvalue weighted by molar-refractivity contribution is 5.98. The molecule has 2 heterocycles. The Morgan fingerprint density at radius 3 is 2.79 bits per heavy atom. The number of hydrogen-bond donors (Lipinski definition) is 2. The Morgan fingerprint density at radius 2 is 2.08 bits per heavy atom. The molecule has 2 amide bonds. The maximum atomic E-state index is 12.9. The molecule has 2 aromatic rings. The predicted octanol–water partition coefficient (Wildman–Crippen LogP) is 0.669. The summed E-state index contributed by atoms with van der Waals surface area (Å²) in [5, 5.41) is 4.28. The van der Waals surface area contributed by atoms with E-state index in [-0.39, 0.29) is 17.7 Å². The normalized spacial score (nSPS) is 17.7. The molecule has 4 N–H and O–H groups in total. The van der Waals surface area contributed by atoms with Crippen LogP contribution >= 0.6 is 0 Å². The zero-order valence-corrected chi connectivity index (χ0v) is 13.4. The van der Waals surface area contributed by atoms with Gasteiger partial charge in [-0.25, -0.2) is 4.68 Å². The minimum atomic E-state index is -0.347. The summed E-state index contributed by atoms with van der Waals surface area (Å²) < 4.78 is 1.66. The first-order chi connectivity index (χ1) is 11.6. The maximum Gasteiger partial charge on any atom is 0.256 e. The highest BCUT2D eigenvalue weighted by Crippen LogP contribution is 2.21. The summed E-state index contributed by atoms with van der Waals surface area (Å²) in [5.74, 6) is -0.731. The van der Waals surface area contributed by atoms with Gasteiger partial charge in [-0.1, -0.05) is 12.1 Å². The van der Waals surface area contributed by atoms with Crippen LogP contribution in [0, 0.1) is 5.92 Å². The van der Waals surface area contributed by atoms with E-state index in [4.69, 9.17) is 11.5 Å². The van der Waals surface area contributed by atoms with Crippen LogP contribution in [0.1, 0.15) is 28.8 Å². The number of para-hydroxylation sites is 1. The van der Waals surface area contributed by atoms with Gasteiger partial charge in [0.1, 0.15) is 0 Å². The third-order valence-electron chi connectivity index (χ3n) is 4.36. The van der Waals surface area contributed by atoms with Crippen molar-refractivity contribution >= 4 is 11.8 Å². The number of nitrogens with zero attached hydrogens (tertiary/aromatic N) is 3. The van der Waals surface area contributed by atoms with Crippen LogP contribution < -0.4 is 11.5 Å². The Hall–Kier alpha value is -2.67. The molecule has 0 unspecified atom stereocenters. The van der Waals surface area contributed by atoms with Gasteiger partial charge in [0.15, 0.2) is 0 Å². The molecular formula is C17H21N5O2. The lowest BCUT2D eigenvalue weighted by Crippen LogP contribution is -2.44. The summed E-state index contributed by atoms with van der Waals surface area (Å²) in [6, 6.07) is 7.29. The van der Waals surface area contributed by atoms with Crippen molar-refractivity contribution in [3.05, 3.63) is 47.8 Å². The Balaban J connectivity index is 1.89. The number of primary amides is 1. The fourth-order valence-corrected chi connectivity index (χ4v) is 3.02. The van der Waals surface area contributed by atoms with Crippen molar-refractivity contribution in [1.82, 2.24) is 14.7 Å². The molecule has 1 saturated heterocycles. The van der Waals surface area contributed by atoms with Gasteiger partial charge in [0.25, 0.3) is 5.91 Å². The molecule has 0 saturated carbocycles. The van der Waals surface area contributed by atoms with Crippen molar-refractivity contribution in [2.24, 2.45) is 17.4 Å². The molecule has 0 spiro atoms. The van der Waals surface area contributed by atoms with E-state index in [9.17, 15) is 9.59 Å². The minimum Gasteiger partial charge on any atom is -0.369 e. The molecule has 1 atom stereocenters. The fourth-order valence-electron chi connectivity index (χ4n) is 3.02. The first-order valence-corrected chi connectivity index (χ1v) is 8.01. The number of hydrogen-bond acceptors (Lipinski definition) is 4. The van der Waals surface area contributed by atoms with Crippen LogP contribution in [0.4, 0.5) is 0 Å². The van der Waals surface area contributed by atoms with Crippen molar-refractivity contribution in [2.45, 2.75) is 19.4 Å². The van der Waals surface area contributed by atoms with Crippen LogP contribution in [-0.4, -0.2) is 39.6 Å². The van der Waals surface area contributed by atoms with Gasteiger partial charge in [-0.05, 0) is 25.0 Å². The molecule has 0 bridgehead atoms. The second-order valence-electron chi connectivity index (χ2n) is 6.01. The van der Waals surface area contributed by atoms with Crippen LogP contribution in [0.15, 0.2) is 36.7 Å². The zero-order chi connectivity index (χ0) is 17.1. The molecule has 1 aliphatic heterocycles. The number of benzene rings is 1. The third-order valence-corrected chi connectivity index (χ3v) is 4.36. The van der Waals surface area contributed by atoms with Crippen LogP contribution in [0.25, 0.3) is 5.69 Å². The molecule has 126 valence electrons. The van der Waals surface area contributed by atoms with Crippen molar-refractivity contribution in [3.63, 3.8) is 0 Å². The van der Waals surface area contributed by atoms with E-state index < -0.39 is 0 Å². The highest BCUT2D eigenvalue weighted by Gasteiger charge is 2.28. The quantitative estimate of drug-likeness (QED) is 0.860. The van der Waals surface area contributed by atoms with Crippen LogP contribution in [0.5, 0.6) is 0 Å². The largest absolute Gasteiger partial charge is 0.369 e. The number of likely N-dealkylation sites (tertiary alicyclic amines) is 1. The van der Waals surface area contributed by atoms with Gasteiger partial charge >= 0.3 is 0 Å². The number of carbonyl (C=O) groups is 2. The standard InChI is InChI=1S/C17H21N5O2/c18-8-12-9-20-22(10-12)15-6-2-1-5-14(15)17(24)21-7-3-4-13(11-21)16(19)23/h1-2,5-6,9-10,13H,3-4,7-8,11,18H2,(H2,19,23)/t13-/m0/s1. The van der Waals surface area contributed by atoms with E-state index in [1.165, 1.54) is 0 Å². The number of nitrogens with two attached hydrogens (primary N) is 2. The smallest absolute Gasteiger partial charge is 0.256 e. The van der Waals surface area contributed by atoms with Crippen LogP contribution in [-0.2, 0) is 11.3 Å². The molecule has 7 heteroatoms. The van der Waals surface area contributed by atoms with Crippen LogP contribution in [0.3, 0.4) is 0 Å². The Labute approximate surface area is 140 Å². The highest BCUT2D eigenvalue weighted by atomic mass is 16.2. The topological polar surface area (TPSA) is 107 Å². The Bertz CT molecular complexity index is 755. The van der Waals surface area contributed by atoms with E-state index in [1.54, 1.807) is 21.8 Å². The Kier molecular flexibility index (Phi) is 4.61. The number of rotatable bonds is 4. The van der Waals surface area contributed by atoms with Crippen molar-refractivity contribution in [2.75, 3.05) is 13.1 Å². The van der Waals surface area contributed by atoms with Gasteiger partial charge in [-0.2, -0.15) is 5.10 Å². The van der Waals surface area contributed by atoms with Gasteiger partial charge in [-0.15, -0.1) is 0 Å². The van der Waals surface area contributed by atoms with Crippen LogP contribution in [0.2, 0.25) is 0 Å². The van der Waals surface area contributed by atoms with E-state index in [0.717, 1.165) is 18.4 Å². The molecule has 1 fully saturated rings. The van der Waals surface area contributed by atoms with E-state index in [0.29, 0.717) is 30.9 Å². The average molecular weight is 327 g/mol. The zero-order valence-electron chi connectivity index (χ0n) is 13.4. The minimum absolute atomic E-state index is 0.110. The summed E-state index contributed by atoms with van der Waals surface area (Å²) in [5.41, 5.74) is 13.2. The molecule has 1 aromatic carbocycles. The van der Waals surface area contributed by atoms with E-state index in [1.807, 2.05) is 24.4 Å². The lowest BCUT2D eigenvalue weighted by atomic mass is 9.96. The number of amides is 2. The third kappa shape index (κ3) is 3.16. The van der Waals surface area contributed by atoms with Gasteiger partial charge < -0.3 is 16.4 Å². The fraction of sp³-hybridized carbons (Fsp3) is 0.353. The molecule has 1 aliphatic rings. The van der Waals surface area contributed by atoms with Gasteiger partial charge in [0.2, 0.25) is 5.91 Å². The van der Waals surface area contributed by atoms with E-state index >= 15 is 0 Å². The summed E-state index contributed by atoms with van der Waals surface area (Å²) in [7, 11) is 0. The lowest BCUT2D eigenvalue weighted by molar-refractivity contribution is -0.123. The number of aromatic nitrogens is 2. The lowest BCUT2D eigenvalue weighted by Gasteiger charge is -2.31. The van der Waals surface area contributed by atoms with Gasteiger partial charge in [0, 0.05) is 31.4 Å². The summed E-state index contributed by atoms with van der Waals surface area (Å²) in [4.78, 5) is 26.1. The SMILES string of the molecule is NCc1cnn(-c2ccccc2C(=O)N2CCC[C@H](C(N)=O)C2)c1. The molecular weight excluding hydrogens is 306 g/mol. The van der Waals surface area contributed by atoms with Crippen molar-refractivity contribution in [3.8, 4) is 5.69 Å². The Morgan fingerprint density at radius 1 is 1.29 bits per heavy atom. The number of piperidine rings is 1.